The summed E-state index contributed by atoms with van der Waals surface area (Å²) in [5.41, 5.74) is 1.68. The summed E-state index contributed by atoms with van der Waals surface area (Å²) >= 11 is 0. The molecule has 0 saturated carbocycles. The summed E-state index contributed by atoms with van der Waals surface area (Å²) in [6, 6.07) is 16.7. The Kier molecular flexibility index (Phi) is 8.17. The van der Waals surface area contributed by atoms with Crippen molar-refractivity contribution >= 4 is 21.5 Å². The molecule has 0 spiro atoms. The lowest BCUT2D eigenvalue weighted by Crippen LogP contribution is -2.52. The predicted molar refractivity (Wildman–Crippen MR) is 126 cm³/mol. The Bertz CT molecular complexity index is 956. The average molecular weight is 445 g/mol. The third-order valence-electron chi connectivity index (χ3n) is 5.24. The molecule has 2 aromatic carbocycles. The molecule has 2 aromatic rings. The van der Waals surface area contributed by atoms with Gasteiger partial charge in [-0.2, -0.15) is 0 Å². The van der Waals surface area contributed by atoms with Crippen LogP contribution in [0.25, 0.3) is 0 Å². The fourth-order valence-electron chi connectivity index (χ4n) is 3.69. The lowest BCUT2D eigenvalue weighted by Gasteiger charge is -2.37. The molecule has 0 atom stereocenters. The number of guanidine groups is 1. The second kappa shape index (κ2) is 11.0. The summed E-state index contributed by atoms with van der Waals surface area (Å²) in [5, 5.41) is 13.4. The van der Waals surface area contributed by atoms with Gasteiger partial charge in [0.15, 0.2) is 15.8 Å². The number of phenols is 1. The normalized spacial score (nSPS) is 15.2. The number of piperazine rings is 1. The van der Waals surface area contributed by atoms with Crippen molar-refractivity contribution in [2.45, 2.75) is 19.1 Å². The van der Waals surface area contributed by atoms with Crippen LogP contribution >= 0.6 is 0 Å². The molecule has 1 aliphatic rings. The van der Waals surface area contributed by atoms with Gasteiger partial charge in [0.25, 0.3) is 0 Å². The van der Waals surface area contributed by atoms with E-state index in [-0.39, 0.29) is 11.5 Å². The molecule has 8 heteroatoms. The summed E-state index contributed by atoms with van der Waals surface area (Å²) in [5.74, 6) is 1.32. The maximum absolute atomic E-state index is 12.4. The third kappa shape index (κ3) is 6.89. The van der Waals surface area contributed by atoms with Crippen molar-refractivity contribution in [3.63, 3.8) is 0 Å². The molecule has 0 bridgehead atoms. The number of nitrogens with one attached hydrogen (secondary N) is 1. The van der Waals surface area contributed by atoms with Crippen LogP contribution < -0.4 is 10.2 Å². The van der Waals surface area contributed by atoms with Gasteiger partial charge in [-0.25, -0.2) is 8.42 Å². The largest absolute Gasteiger partial charge is 0.506 e. The van der Waals surface area contributed by atoms with Gasteiger partial charge in [-0.15, -0.1) is 0 Å². The van der Waals surface area contributed by atoms with Gasteiger partial charge < -0.3 is 20.2 Å². The van der Waals surface area contributed by atoms with Gasteiger partial charge in [0.05, 0.1) is 17.2 Å². The van der Waals surface area contributed by atoms with Crippen LogP contribution in [0.3, 0.4) is 0 Å². The average Bonchev–Trinajstić information content (AvgIpc) is 2.77. The molecule has 1 saturated heterocycles. The van der Waals surface area contributed by atoms with Crippen LogP contribution in [0.15, 0.2) is 59.6 Å². The van der Waals surface area contributed by atoms with Gasteiger partial charge >= 0.3 is 0 Å². The molecule has 31 heavy (non-hydrogen) atoms. The fourth-order valence-corrected chi connectivity index (χ4v) is 5.10. The van der Waals surface area contributed by atoms with E-state index in [1.807, 2.05) is 55.5 Å². The van der Waals surface area contributed by atoms with Gasteiger partial charge in [0, 0.05) is 39.3 Å². The highest BCUT2D eigenvalue weighted by atomic mass is 32.2. The van der Waals surface area contributed by atoms with E-state index in [9.17, 15) is 13.5 Å². The Labute approximate surface area is 185 Å². The molecule has 0 unspecified atom stereocenters. The van der Waals surface area contributed by atoms with Crippen molar-refractivity contribution in [2.24, 2.45) is 4.99 Å². The van der Waals surface area contributed by atoms with E-state index >= 15 is 0 Å². The molecule has 2 N–H and O–H groups in total. The Balaban J connectivity index is 1.50. The summed E-state index contributed by atoms with van der Waals surface area (Å²) in [7, 11) is -3.15. The van der Waals surface area contributed by atoms with Gasteiger partial charge in [0.2, 0.25) is 0 Å². The Morgan fingerprint density at radius 1 is 1.03 bits per heavy atom. The molecule has 168 valence electrons. The SMILES string of the molecule is CCNC(=NCCCS(=O)(=O)Cc1ccccc1)N1CCN(c2ccccc2O)CC1. The maximum atomic E-state index is 12.4. The quantitative estimate of drug-likeness (QED) is 0.370. The molecule has 1 fully saturated rings. The highest BCUT2D eigenvalue weighted by molar-refractivity contribution is 7.90. The number of phenolic OH excluding ortho intramolecular Hbond substituents is 1. The van der Waals surface area contributed by atoms with E-state index < -0.39 is 9.84 Å². The predicted octanol–water partition coefficient (Wildman–Crippen LogP) is 2.48. The van der Waals surface area contributed by atoms with Crippen molar-refractivity contribution in [3.8, 4) is 5.75 Å². The number of aromatic hydroxyl groups is 1. The molecule has 0 amide bonds. The van der Waals surface area contributed by atoms with Crippen molar-refractivity contribution in [1.82, 2.24) is 10.2 Å². The van der Waals surface area contributed by atoms with E-state index in [1.54, 1.807) is 6.07 Å². The molecule has 7 nitrogen and oxygen atoms in total. The Hall–Kier alpha value is -2.74. The molecule has 1 aliphatic heterocycles. The molecule has 3 rings (SSSR count). The van der Waals surface area contributed by atoms with Crippen molar-refractivity contribution in [3.05, 3.63) is 60.2 Å². The molecular formula is C23H32N4O3S. The lowest BCUT2D eigenvalue weighted by molar-refractivity contribution is 0.370. The van der Waals surface area contributed by atoms with Crippen LogP contribution in [0.1, 0.15) is 18.9 Å². The fraction of sp³-hybridized carbons (Fsp3) is 0.435. The number of benzene rings is 2. The number of hydrogen-bond donors (Lipinski definition) is 2. The second-order valence-electron chi connectivity index (χ2n) is 7.63. The second-order valence-corrected chi connectivity index (χ2v) is 9.81. The number of anilines is 1. The number of para-hydroxylation sites is 2. The highest BCUT2D eigenvalue weighted by Crippen LogP contribution is 2.27. The van der Waals surface area contributed by atoms with Crippen molar-refractivity contribution in [1.29, 1.82) is 0 Å². The topological polar surface area (TPSA) is 85.2 Å². The first-order valence-electron chi connectivity index (χ1n) is 10.8. The van der Waals surface area contributed by atoms with Crippen LogP contribution in [0.2, 0.25) is 0 Å². The molecule has 0 aliphatic carbocycles. The zero-order chi connectivity index (χ0) is 22.1. The maximum Gasteiger partial charge on any atom is 0.194 e. The minimum absolute atomic E-state index is 0.0753. The lowest BCUT2D eigenvalue weighted by atomic mass is 10.2. The minimum atomic E-state index is -3.15. The van der Waals surface area contributed by atoms with Crippen LogP contribution in [0, 0.1) is 0 Å². The van der Waals surface area contributed by atoms with Crippen molar-refractivity contribution in [2.75, 3.05) is 49.9 Å². The summed E-state index contributed by atoms with van der Waals surface area (Å²) in [6.45, 7) is 6.39. The number of rotatable bonds is 8. The Morgan fingerprint density at radius 2 is 1.71 bits per heavy atom. The molecule has 0 aromatic heterocycles. The van der Waals surface area contributed by atoms with Crippen molar-refractivity contribution < 1.29 is 13.5 Å². The van der Waals surface area contributed by atoms with E-state index in [0.717, 1.165) is 49.9 Å². The monoisotopic (exact) mass is 444 g/mol. The van der Waals surface area contributed by atoms with Crippen LogP contribution in [0.4, 0.5) is 5.69 Å². The van der Waals surface area contributed by atoms with Crippen LogP contribution in [0.5, 0.6) is 5.75 Å². The number of aliphatic imine (C=N–C) groups is 1. The van der Waals surface area contributed by atoms with Gasteiger partial charge in [-0.3, -0.25) is 4.99 Å². The summed E-state index contributed by atoms with van der Waals surface area (Å²) < 4.78 is 24.7. The van der Waals surface area contributed by atoms with E-state index in [1.165, 1.54) is 0 Å². The van der Waals surface area contributed by atoms with Crippen LogP contribution in [-0.4, -0.2) is 69.4 Å². The minimum Gasteiger partial charge on any atom is -0.506 e. The number of nitrogens with zero attached hydrogens (tertiary/aromatic N) is 3. The first-order chi connectivity index (χ1) is 15.0. The summed E-state index contributed by atoms with van der Waals surface area (Å²) in [4.78, 5) is 9.03. The summed E-state index contributed by atoms with van der Waals surface area (Å²) in [6.07, 6.45) is 0.502. The van der Waals surface area contributed by atoms with E-state index in [4.69, 9.17) is 0 Å². The number of sulfone groups is 1. The van der Waals surface area contributed by atoms with Gasteiger partial charge in [-0.1, -0.05) is 42.5 Å². The molecule has 0 radical (unpaired) electrons. The first kappa shape index (κ1) is 22.9. The first-order valence-corrected chi connectivity index (χ1v) is 12.6. The van der Waals surface area contributed by atoms with E-state index in [0.29, 0.717) is 18.7 Å². The standard InChI is InChI=1S/C23H32N4O3S/c1-2-24-23(25-13-8-18-31(29,30)19-20-9-4-3-5-10-20)27-16-14-26(15-17-27)21-11-6-7-12-22(21)28/h3-7,9-12,28H,2,8,13-19H2,1H3,(H,24,25). The van der Waals surface area contributed by atoms with Gasteiger partial charge in [0.1, 0.15) is 5.75 Å². The Morgan fingerprint density at radius 3 is 2.39 bits per heavy atom. The zero-order valence-electron chi connectivity index (χ0n) is 18.1. The third-order valence-corrected chi connectivity index (χ3v) is 6.92. The number of hydrogen-bond acceptors (Lipinski definition) is 5. The molecular weight excluding hydrogens is 412 g/mol. The van der Waals surface area contributed by atoms with Crippen LogP contribution in [-0.2, 0) is 15.6 Å². The highest BCUT2D eigenvalue weighted by Gasteiger charge is 2.21. The molecule has 1 heterocycles. The van der Waals surface area contributed by atoms with Gasteiger partial charge in [-0.05, 0) is 31.0 Å². The van der Waals surface area contributed by atoms with E-state index in [2.05, 4.69) is 20.1 Å². The smallest absolute Gasteiger partial charge is 0.194 e. The zero-order valence-corrected chi connectivity index (χ0v) is 18.9.